The Morgan fingerprint density at radius 1 is 1.56 bits per heavy atom. The number of aryl methyl sites for hydroxylation is 1. The van der Waals surface area contributed by atoms with Gasteiger partial charge in [0.2, 0.25) is 0 Å². The molecule has 2 rings (SSSR count). The van der Waals surface area contributed by atoms with E-state index in [0.717, 1.165) is 12.3 Å². The van der Waals surface area contributed by atoms with Gasteiger partial charge in [-0.15, -0.1) is 0 Å². The zero-order valence-electron chi connectivity index (χ0n) is 10.6. The molecular weight excluding hydrogens is 198 g/mol. The van der Waals surface area contributed by atoms with Crippen LogP contribution in [0.1, 0.15) is 51.1 Å². The van der Waals surface area contributed by atoms with Crippen LogP contribution < -0.4 is 5.32 Å². The quantitative estimate of drug-likeness (QED) is 0.828. The first-order valence-corrected chi connectivity index (χ1v) is 6.45. The predicted molar refractivity (Wildman–Crippen MR) is 66.2 cm³/mol. The van der Waals surface area contributed by atoms with E-state index in [0.29, 0.717) is 12.1 Å². The molecular formula is C13H23N3. The van der Waals surface area contributed by atoms with Crippen LogP contribution in [0.3, 0.4) is 0 Å². The molecule has 1 fully saturated rings. The lowest BCUT2D eigenvalue weighted by atomic mass is 9.80. The molecule has 3 heteroatoms. The van der Waals surface area contributed by atoms with Crippen molar-refractivity contribution in [3.63, 3.8) is 0 Å². The highest BCUT2D eigenvalue weighted by atomic mass is 15.2. The molecule has 1 aliphatic rings. The molecule has 0 spiro atoms. The maximum absolute atomic E-state index is 4.25. The van der Waals surface area contributed by atoms with Gasteiger partial charge in [-0.05, 0) is 32.1 Å². The number of nitrogens with one attached hydrogen (secondary N) is 1. The summed E-state index contributed by atoms with van der Waals surface area (Å²) >= 11 is 0. The summed E-state index contributed by atoms with van der Waals surface area (Å²) in [5.41, 5.74) is 1.32. The van der Waals surface area contributed by atoms with Crippen LogP contribution in [0.2, 0.25) is 0 Å². The lowest BCUT2D eigenvalue weighted by Gasteiger charge is -2.34. The average molecular weight is 221 g/mol. The maximum Gasteiger partial charge on any atom is 0.0537 e. The third kappa shape index (κ3) is 2.46. The van der Waals surface area contributed by atoms with Gasteiger partial charge < -0.3 is 5.32 Å². The van der Waals surface area contributed by atoms with Crippen LogP contribution in [0.4, 0.5) is 0 Å². The van der Waals surface area contributed by atoms with Gasteiger partial charge in [-0.25, -0.2) is 0 Å². The molecule has 16 heavy (non-hydrogen) atoms. The van der Waals surface area contributed by atoms with Gasteiger partial charge in [0.1, 0.15) is 0 Å². The second-order valence-electron chi connectivity index (χ2n) is 5.05. The van der Waals surface area contributed by atoms with E-state index >= 15 is 0 Å². The second kappa shape index (κ2) is 5.00. The molecule has 0 saturated heterocycles. The number of aromatic nitrogens is 2. The summed E-state index contributed by atoms with van der Waals surface area (Å²) in [7, 11) is 1.98. The van der Waals surface area contributed by atoms with Crippen molar-refractivity contribution in [2.75, 3.05) is 0 Å². The fourth-order valence-electron chi connectivity index (χ4n) is 2.46. The topological polar surface area (TPSA) is 29.9 Å². The minimum Gasteiger partial charge on any atom is -0.307 e. The number of hydrogen-bond acceptors (Lipinski definition) is 2. The third-order valence-corrected chi connectivity index (χ3v) is 3.86. The van der Waals surface area contributed by atoms with Crippen LogP contribution >= 0.6 is 0 Å². The van der Waals surface area contributed by atoms with Gasteiger partial charge in [-0.2, -0.15) is 5.10 Å². The van der Waals surface area contributed by atoms with Crippen LogP contribution in [0, 0.1) is 5.92 Å². The van der Waals surface area contributed by atoms with E-state index < -0.39 is 0 Å². The highest BCUT2D eigenvalue weighted by molar-refractivity contribution is 5.10. The molecule has 1 aliphatic carbocycles. The molecule has 3 nitrogen and oxygen atoms in total. The fourth-order valence-corrected chi connectivity index (χ4v) is 2.46. The summed E-state index contributed by atoms with van der Waals surface area (Å²) in [5, 5.41) is 7.99. The van der Waals surface area contributed by atoms with Crippen molar-refractivity contribution in [1.82, 2.24) is 15.1 Å². The molecule has 1 saturated carbocycles. The van der Waals surface area contributed by atoms with Gasteiger partial charge in [0.25, 0.3) is 0 Å². The summed E-state index contributed by atoms with van der Waals surface area (Å²) < 4.78 is 1.88. The summed E-state index contributed by atoms with van der Waals surface area (Å²) in [4.78, 5) is 0. The van der Waals surface area contributed by atoms with Crippen molar-refractivity contribution >= 4 is 0 Å². The van der Waals surface area contributed by atoms with Gasteiger partial charge in [0.05, 0.1) is 6.20 Å². The van der Waals surface area contributed by atoms with Crippen LogP contribution in [-0.2, 0) is 7.05 Å². The highest BCUT2D eigenvalue weighted by Gasteiger charge is 2.25. The van der Waals surface area contributed by atoms with E-state index in [9.17, 15) is 0 Å². The molecule has 1 N–H and O–H groups in total. The predicted octanol–water partition coefficient (Wildman–Crippen LogP) is 2.65. The molecule has 0 aromatic carbocycles. The van der Waals surface area contributed by atoms with E-state index in [4.69, 9.17) is 0 Å². The van der Waals surface area contributed by atoms with E-state index in [1.165, 1.54) is 24.8 Å². The Bertz CT molecular complexity index is 328. The molecule has 0 aliphatic heterocycles. The molecule has 2 unspecified atom stereocenters. The van der Waals surface area contributed by atoms with Crippen molar-refractivity contribution < 1.29 is 0 Å². The first-order valence-electron chi connectivity index (χ1n) is 6.45. The Hall–Kier alpha value is -0.830. The van der Waals surface area contributed by atoms with Gasteiger partial charge in [-0.3, -0.25) is 4.68 Å². The number of hydrogen-bond donors (Lipinski definition) is 1. The van der Waals surface area contributed by atoms with E-state index in [1.54, 1.807) is 0 Å². The van der Waals surface area contributed by atoms with Crippen molar-refractivity contribution in [2.45, 2.75) is 51.6 Å². The largest absolute Gasteiger partial charge is 0.307 e. The molecule has 0 amide bonds. The Labute approximate surface area is 98.2 Å². The van der Waals surface area contributed by atoms with Crippen molar-refractivity contribution in [1.29, 1.82) is 0 Å². The first-order chi connectivity index (χ1) is 7.70. The smallest absolute Gasteiger partial charge is 0.0537 e. The number of rotatable bonds is 5. The maximum atomic E-state index is 4.25. The van der Waals surface area contributed by atoms with Gasteiger partial charge in [-0.1, -0.05) is 13.3 Å². The van der Waals surface area contributed by atoms with E-state index in [1.807, 2.05) is 17.9 Å². The summed E-state index contributed by atoms with van der Waals surface area (Å²) in [6.07, 6.45) is 9.45. The molecule has 1 aromatic rings. The average Bonchev–Trinajstić information content (AvgIpc) is 2.58. The SMILES string of the molecule is CCC(NC(C)C1CCC1)c1cnn(C)c1. The molecule has 1 aromatic heterocycles. The fraction of sp³-hybridized carbons (Fsp3) is 0.769. The minimum atomic E-state index is 0.462. The Balaban J connectivity index is 1.94. The monoisotopic (exact) mass is 221 g/mol. The Morgan fingerprint density at radius 2 is 2.31 bits per heavy atom. The van der Waals surface area contributed by atoms with E-state index in [2.05, 4.69) is 30.5 Å². The normalized spacial score (nSPS) is 20.4. The van der Waals surface area contributed by atoms with Crippen LogP contribution in [-0.4, -0.2) is 15.8 Å². The summed E-state index contributed by atoms with van der Waals surface area (Å²) in [5.74, 6) is 0.894. The second-order valence-corrected chi connectivity index (χ2v) is 5.05. The Morgan fingerprint density at radius 3 is 2.75 bits per heavy atom. The lowest BCUT2D eigenvalue weighted by molar-refractivity contribution is 0.225. The van der Waals surface area contributed by atoms with Crippen molar-refractivity contribution in [3.8, 4) is 0 Å². The molecule has 90 valence electrons. The van der Waals surface area contributed by atoms with Crippen molar-refractivity contribution in [2.24, 2.45) is 13.0 Å². The molecule has 1 heterocycles. The third-order valence-electron chi connectivity index (χ3n) is 3.86. The molecule has 2 atom stereocenters. The first kappa shape index (κ1) is 11.6. The van der Waals surface area contributed by atoms with Crippen LogP contribution in [0.5, 0.6) is 0 Å². The summed E-state index contributed by atoms with van der Waals surface area (Å²) in [6, 6.07) is 1.10. The minimum absolute atomic E-state index is 0.462. The van der Waals surface area contributed by atoms with Gasteiger partial charge in [0, 0.05) is 30.9 Å². The molecule has 0 bridgehead atoms. The van der Waals surface area contributed by atoms with Crippen LogP contribution in [0.25, 0.3) is 0 Å². The van der Waals surface area contributed by atoms with Gasteiger partial charge >= 0.3 is 0 Å². The highest BCUT2D eigenvalue weighted by Crippen LogP contribution is 2.31. The van der Waals surface area contributed by atoms with Gasteiger partial charge in [0.15, 0.2) is 0 Å². The number of nitrogens with zero attached hydrogens (tertiary/aromatic N) is 2. The van der Waals surface area contributed by atoms with Crippen LogP contribution in [0.15, 0.2) is 12.4 Å². The standard InChI is InChI=1S/C13H23N3/c1-4-13(12-8-14-16(3)9-12)15-10(2)11-6-5-7-11/h8-11,13,15H,4-7H2,1-3H3. The summed E-state index contributed by atoms with van der Waals surface area (Å²) in [6.45, 7) is 4.56. The molecule has 0 radical (unpaired) electrons. The van der Waals surface area contributed by atoms with Crippen molar-refractivity contribution in [3.05, 3.63) is 18.0 Å². The Kier molecular flexibility index (Phi) is 3.64. The zero-order valence-corrected chi connectivity index (χ0v) is 10.6. The lowest BCUT2D eigenvalue weighted by Crippen LogP contribution is -2.39. The van der Waals surface area contributed by atoms with E-state index in [-0.39, 0.29) is 0 Å². The zero-order chi connectivity index (χ0) is 11.5.